The van der Waals surface area contributed by atoms with E-state index in [-0.39, 0.29) is 0 Å². The van der Waals surface area contributed by atoms with Crippen molar-refractivity contribution in [1.82, 2.24) is 9.78 Å². The lowest BCUT2D eigenvalue weighted by molar-refractivity contribution is -0.136. The summed E-state index contributed by atoms with van der Waals surface area (Å²) in [7, 11) is 0. The zero-order valence-electron chi connectivity index (χ0n) is 8.55. The van der Waals surface area contributed by atoms with Crippen molar-refractivity contribution in [3.05, 3.63) is 47.2 Å². The maximum atomic E-state index is 10.7. The van der Waals surface area contributed by atoms with Gasteiger partial charge in [0.1, 0.15) is 0 Å². The molecule has 2 rings (SSSR count). The Balaban J connectivity index is 2.27. The van der Waals surface area contributed by atoms with Gasteiger partial charge in [-0.15, -0.1) is 11.6 Å². The molecule has 1 aromatic carbocycles. The van der Waals surface area contributed by atoms with Crippen LogP contribution in [0.2, 0.25) is 5.02 Å². The Kier molecular flexibility index (Phi) is 3.36. The quantitative estimate of drug-likeness (QED) is 0.873. The molecular weight excluding hydrogens is 263 g/mol. The molecule has 6 heteroatoms. The lowest BCUT2D eigenvalue weighted by Crippen LogP contribution is -2.05. The third-order valence-corrected chi connectivity index (χ3v) is 2.85. The molecular formula is C11H8Cl2N2O2. The number of aliphatic carboxylic acids is 1. The first-order chi connectivity index (χ1) is 8.08. The van der Waals surface area contributed by atoms with Crippen molar-refractivity contribution in [1.29, 1.82) is 0 Å². The fourth-order valence-corrected chi connectivity index (χ4v) is 1.66. The van der Waals surface area contributed by atoms with Gasteiger partial charge in [-0.3, -0.25) is 4.79 Å². The molecule has 1 unspecified atom stereocenters. The van der Waals surface area contributed by atoms with Crippen LogP contribution in [-0.4, -0.2) is 20.9 Å². The van der Waals surface area contributed by atoms with Crippen molar-refractivity contribution >= 4 is 29.2 Å². The molecule has 1 heterocycles. The van der Waals surface area contributed by atoms with Gasteiger partial charge in [-0.05, 0) is 17.7 Å². The van der Waals surface area contributed by atoms with Crippen LogP contribution in [-0.2, 0) is 4.79 Å². The Morgan fingerprint density at radius 1 is 1.35 bits per heavy atom. The van der Waals surface area contributed by atoms with E-state index in [1.54, 1.807) is 35.1 Å². The lowest BCUT2D eigenvalue weighted by atomic mass is 10.1. The number of carboxylic acid groups (broad SMARTS) is 1. The van der Waals surface area contributed by atoms with Crippen LogP contribution in [0.5, 0.6) is 0 Å². The standard InChI is InChI=1S/C11H8Cl2N2O2/c12-8-5-14-15(6-8)9-3-1-7(2-4-9)10(13)11(16)17/h1-6,10H,(H,16,17). The second-order valence-corrected chi connectivity index (χ2v) is 4.27. The highest BCUT2D eigenvalue weighted by atomic mass is 35.5. The maximum Gasteiger partial charge on any atom is 0.326 e. The van der Waals surface area contributed by atoms with Crippen LogP contribution in [0.15, 0.2) is 36.7 Å². The molecule has 17 heavy (non-hydrogen) atoms. The Bertz CT molecular complexity index is 537. The summed E-state index contributed by atoms with van der Waals surface area (Å²) in [5.74, 6) is -1.07. The van der Waals surface area contributed by atoms with Crippen LogP contribution in [0.1, 0.15) is 10.9 Å². The Labute approximate surface area is 107 Å². The number of benzene rings is 1. The summed E-state index contributed by atoms with van der Waals surface area (Å²) in [6, 6.07) is 6.77. The van der Waals surface area contributed by atoms with Crippen molar-refractivity contribution in [2.24, 2.45) is 0 Å². The lowest BCUT2D eigenvalue weighted by Gasteiger charge is -2.06. The SMILES string of the molecule is O=C(O)C(Cl)c1ccc(-n2cc(Cl)cn2)cc1. The number of alkyl halides is 1. The molecule has 0 bridgehead atoms. The van der Waals surface area contributed by atoms with Crippen LogP contribution in [0.3, 0.4) is 0 Å². The highest BCUT2D eigenvalue weighted by Gasteiger charge is 2.15. The third kappa shape index (κ3) is 2.60. The zero-order chi connectivity index (χ0) is 12.4. The largest absolute Gasteiger partial charge is 0.480 e. The number of carboxylic acids is 1. The van der Waals surface area contributed by atoms with E-state index >= 15 is 0 Å². The van der Waals surface area contributed by atoms with Gasteiger partial charge >= 0.3 is 5.97 Å². The second kappa shape index (κ2) is 4.77. The smallest absolute Gasteiger partial charge is 0.326 e. The molecule has 0 aliphatic carbocycles. The summed E-state index contributed by atoms with van der Waals surface area (Å²) in [5, 5.41) is 12.3. The van der Waals surface area contributed by atoms with E-state index in [2.05, 4.69) is 5.10 Å². The molecule has 0 saturated carbocycles. The number of aromatic nitrogens is 2. The number of hydrogen-bond acceptors (Lipinski definition) is 2. The van der Waals surface area contributed by atoms with E-state index in [0.717, 1.165) is 5.69 Å². The summed E-state index contributed by atoms with van der Waals surface area (Å²) in [6.45, 7) is 0. The first kappa shape index (κ1) is 12.0. The maximum absolute atomic E-state index is 10.7. The number of halogens is 2. The number of nitrogens with zero attached hydrogens (tertiary/aromatic N) is 2. The van der Waals surface area contributed by atoms with Crippen LogP contribution in [0.4, 0.5) is 0 Å². The molecule has 1 atom stereocenters. The Morgan fingerprint density at radius 2 is 2.00 bits per heavy atom. The molecule has 88 valence electrons. The topological polar surface area (TPSA) is 55.1 Å². The van der Waals surface area contributed by atoms with Gasteiger partial charge in [-0.1, -0.05) is 23.7 Å². The van der Waals surface area contributed by atoms with Gasteiger partial charge in [0.2, 0.25) is 0 Å². The van der Waals surface area contributed by atoms with Gasteiger partial charge in [-0.2, -0.15) is 5.10 Å². The number of rotatable bonds is 3. The van der Waals surface area contributed by atoms with Crippen LogP contribution >= 0.6 is 23.2 Å². The van der Waals surface area contributed by atoms with E-state index in [4.69, 9.17) is 28.3 Å². The summed E-state index contributed by atoms with van der Waals surface area (Å²) in [5.41, 5.74) is 1.32. The molecule has 0 aliphatic rings. The molecule has 0 radical (unpaired) electrons. The molecule has 2 aromatic rings. The minimum Gasteiger partial charge on any atom is -0.480 e. The van der Waals surface area contributed by atoms with Crippen LogP contribution in [0, 0.1) is 0 Å². The average Bonchev–Trinajstić information content (AvgIpc) is 2.75. The highest BCUT2D eigenvalue weighted by molar-refractivity contribution is 6.30. The van der Waals surface area contributed by atoms with E-state index in [1.807, 2.05) is 0 Å². The molecule has 1 N–H and O–H groups in total. The molecule has 4 nitrogen and oxygen atoms in total. The van der Waals surface area contributed by atoms with Crippen molar-refractivity contribution in [2.45, 2.75) is 5.38 Å². The van der Waals surface area contributed by atoms with Gasteiger partial charge < -0.3 is 5.11 Å². The van der Waals surface area contributed by atoms with Gasteiger partial charge in [0.25, 0.3) is 0 Å². The number of carbonyl (C=O) groups is 1. The number of hydrogen-bond donors (Lipinski definition) is 1. The predicted molar refractivity (Wildman–Crippen MR) is 64.8 cm³/mol. The molecule has 0 fully saturated rings. The summed E-state index contributed by atoms with van der Waals surface area (Å²) >= 11 is 11.5. The summed E-state index contributed by atoms with van der Waals surface area (Å²) in [6.07, 6.45) is 3.18. The van der Waals surface area contributed by atoms with Crippen molar-refractivity contribution in [3.63, 3.8) is 0 Å². The summed E-state index contributed by atoms with van der Waals surface area (Å²) < 4.78 is 1.59. The molecule has 0 amide bonds. The van der Waals surface area contributed by atoms with Crippen molar-refractivity contribution in [3.8, 4) is 5.69 Å². The van der Waals surface area contributed by atoms with E-state index in [0.29, 0.717) is 10.6 Å². The van der Waals surface area contributed by atoms with E-state index in [1.165, 1.54) is 6.20 Å². The average molecular weight is 271 g/mol. The van der Waals surface area contributed by atoms with Gasteiger partial charge in [0.15, 0.2) is 5.38 Å². The van der Waals surface area contributed by atoms with E-state index < -0.39 is 11.3 Å². The van der Waals surface area contributed by atoms with Gasteiger partial charge in [0.05, 0.1) is 16.9 Å². The normalized spacial score (nSPS) is 12.4. The highest BCUT2D eigenvalue weighted by Crippen LogP contribution is 2.22. The molecule has 0 saturated heterocycles. The molecule has 0 aliphatic heterocycles. The molecule has 1 aromatic heterocycles. The van der Waals surface area contributed by atoms with E-state index in [9.17, 15) is 4.79 Å². The Hall–Kier alpha value is -1.52. The van der Waals surface area contributed by atoms with Crippen LogP contribution in [0.25, 0.3) is 5.69 Å². The minimum absolute atomic E-state index is 0.529. The Morgan fingerprint density at radius 3 is 2.47 bits per heavy atom. The fourth-order valence-electron chi connectivity index (χ4n) is 1.38. The van der Waals surface area contributed by atoms with Gasteiger partial charge in [-0.25, -0.2) is 4.68 Å². The predicted octanol–water partition coefficient (Wildman–Crippen LogP) is 2.89. The second-order valence-electron chi connectivity index (χ2n) is 3.40. The molecule has 0 spiro atoms. The third-order valence-electron chi connectivity index (χ3n) is 2.22. The minimum atomic E-state index is -1.07. The van der Waals surface area contributed by atoms with Crippen molar-refractivity contribution < 1.29 is 9.90 Å². The van der Waals surface area contributed by atoms with Crippen molar-refractivity contribution in [2.75, 3.05) is 0 Å². The van der Waals surface area contributed by atoms with Crippen LogP contribution < -0.4 is 0 Å². The zero-order valence-corrected chi connectivity index (χ0v) is 10.1. The first-order valence-electron chi connectivity index (χ1n) is 4.75. The first-order valence-corrected chi connectivity index (χ1v) is 5.57. The fraction of sp³-hybridized carbons (Fsp3) is 0.0909. The van der Waals surface area contributed by atoms with Gasteiger partial charge in [0, 0.05) is 6.20 Å². The monoisotopic (exact) mass is 270 g/mol. The summed E-state index contributed by atoms with van der Waals surface area (Å²) in [4.78, 5) is 10.7.